The second-order valence-corrected chi connectivity index (χ2v) is 3.85. The van der Waals surface area contributed by atoms with Crippen molar-refractivity contribution in [1.29, 1.82) is 0 Å². The van der Waals surface area contributed by atoms with Gasteiger partial charge in [0.15, 0.2) is 0 Å². The van der Waals surface area contributed by atoms with Gasteiger partial charge in [-0.2, -0.15) is 0 Å². The van der Waals surface area contributed by atoms with Crippen molar-refractivity contribution in [2.24, 2.45) is 0 Å². The molecular weight excluding hydrogens is 305 g/mol. The van der Waals surface area contributed by atoms with Crippen molar-refractivity contribution in [2.45, 2.75) is 0 Å². The Morgan fingerprint density at radius 2 is 1.90 bits per heavy atom. The number of hydrogen-bond acceptors (Lipinski definition) is 1. The van der Waals surface area contributed by atoms with Crippen molar-refractivity contribution in [3.63, 3.8) is 0 Å². The largest absolute Gasteiger partial charge is 0.246 e. The van der Waals surface area contributed by atoms with Crippen LogP contribution in [0, 0.1) is 0 Å². The highest BCUT2D eigenvalue weighted by atomic mass is 79.9. The van der Waals surface area contributed by atoms with Crippen LogP contribution in [0.25, 0.3) is 0 Å². The lowest BCUT2D eigenvalue weighted by Crippen LogP contribution is -1.78. The van der Waals surface area contributed by atoms with Gasteiger partial charge in [0.05, 0.1) is 14.5 Å². The molecule has 0 unspecified atom stereocenters. The standard InChI is InChI=1S/C5HBr2Cl2N/c6-3-2(8)1-10-5(7)4(3)9/h1H. The lowest BCUT2D eigenvalue weighted by Gasteiger charge is -1.98. The normalized spacial score (nSPS) is 10.0. The Morgan fingerprint density at radius 1 is 1.30 bits per heavy atom. The summed E-state index contributed by atoms with van der Waals surface area (Å²) in [5.41, 5.74) is 0. The molecule has 1 aromatic heterocycles. The van der Waals surface area contributed by atoms with Crippen LogP contribution < -0.4 is 0 Å². The number of rotatable bonds is 0. The van der Waals surface area contributed by atoms with Crippen molar-refractivity contribution < 1.29 is 0 Å². The molecular formula is C5HBr2Cl2N. The van der Waals surface area contributed by atoms with E-state index in [1.807, 2.05) is 0 Å². The van der Waals surface area contributed by atoms with E-state index in [-0.39, 0.29) is 0 Å². The minimum atomic E-state index is 0.493. The number of hydrogen-bond donors (Lipinski definition) is 0. The first-order valence-electron chi connectivity index (χ1n) is 2.28. The van der Waals surface area contributed by atoms with Crippen molar-refractivity contribution in [2.75, 3.05) is 0 Å². The zero-order valence-electron chi connectivity index (χ0n) is 4.54. The maximum Gasteiger partial charge on any atom is 0.125 e. The summed E-state index contributed by atoms with van der Waals surface area (Å²) in [6.07, 6.45) is 1.52. The van der Waals surface area contributed by atoms with Gasteiger partial charge >= 0.3 is 0 Å². The van der Waals surface area contributed by atoms with Crippen molar-refractivity contribution >= 4 is 55.1 Å². The summed E-state index contributed by atoms with van der Waals surface area (Å²) in [6, 6.07) is 0. The molecule has 0 saturated carbocycles. The van der Waals surface area contributed by atoms with E-state index in [2.05, 4.69) is 36.8 Å². The molecule has 0 radical (unpaired) electrons. The summed E-state index contributed by atoms with van der Waals surface area (Å²) >= 11 is 17.8. The van der Waals surface area contributed by atoms with Gasteiger partial charge in [-0.25, -0.2) is 4.98 Å². The van der Waals surface area contributed by atoms with Gasteiger partial charge in [-0.05, 0) is 31.9 Å². The maximum absolute atomic E-state index is 5.74. The molecule has 0 N–H and O–H groups in total. The molecule has 0 amide bonds. The number of nitrogens with zero attached hydrogens (tertiary/aromatic N) is 1. The molecule has 0 aromatic carbocycles. The average Bonchev–Trinajstić information content (AvgIpc) is 1.93. The molecule has 0 saturated heterocycles. The lowest BCUT2D eigenvalue weighted by atomic mass is 10.5. The van der Waals surface area contributed by atoms with Gasteiger partial charge in [0.25, 0.3) is 0 Å². The van der Waals surface area contributed by atoms with Crippen LogP contribution in [-0.4, -0.2) is 4.98 Å². The van der Waals surface area contributed by atoms with Gasteiger partial charge < -0.3 is 0 Å². The zero-order valence-corrected chi connectivity index (χ0v) is 9.22. The van der Waals surface area contributed by atoms with E-state index >= 15 is 0 Å². The Labute approximate surface area is 85.0 Å². The van der Waals surface area contributed by atoms with E-state index in [0.29, 0.717) is 19.1 Å². The molecule has 0 aliphatic rings. The first-order chi connectivity index (χ1) is 4.63. The summed E-state index contributed by atoms with van der Waals surface area (Å²) < 4.78 is 1.25. The summed E-state index contributed by atoms with van der Waals surface area (Å²) in [6.45, 7) is 0. The molecule has 1 aromatic rings. The number of halogens is 4. The molecule has 1 rings (SSSR count). The second kappa shape index (κ2) is 3.39. The molecule has 0 aliphatic heterocycles. The molecule has 0 fully saturated rings. The maximum atomic E-state index is 5.74. The molecule has 1 heterocycles. The zero-order chi connectivity index (χ0) is 7.72. The molecule has 54 valence electrons. The van der Waals surface area contributed by atoms with Crippen molar-refractivity contribution in [3.05, 3.63) is 25.3 Å². The van der Waals surface area contributed by atoms with Crippen LogP contribution in [0.4, 0.5) is 0 Å². The van der Waals surface area contributed by atoms with E-state index in [9.17, 15) is 0 Å². The van der Waals surface area contributed by atoms with Crippen LogP contribution in [0.5, 0.6) is 0 Å². The first-order valence-corrected chi connectivity index (χ1v) is 4.62. The van der Waals surface area contributed by atoms with Gasteiger partial charge in [0.2, 0.25) is 0 Å². The smallest absolute Gasteiger partial charge is 0.125 e. The first kappa shape index (κ1) is 8.78. The third-order valence-electron chi connectivity index (χ3n) is 0.875. The van der Waals surface area contributed by atoms with E-state index in [4.69, 9.17) is 23.2 Å². The SMILES string of the molecule is Clc1cnc(Br)c(Cl)c1Br. The van der Waals surface area contributed by atoms with Crippen LogP contribution in [0.15, 0.2) is 15.3 Å². The third kappa shape index (κ3) is 1.64. The molecule has 0 atom stereocenters. The van der Waals surface area contributed by atoms with E-state index < -0.39 is 0 Å². The molecule has 0 aliphatic carbocycles. The van der Waals surface area contributed by atoms with Gasteiger partial charge in [0, 0.05) is 6.20 Å². The van der Waals surface area contributed by atoms with Crippen LogP contribution in [0.1, 0.15) is 0 Å². The average molecular weight is 306 g/mol. The minimum absolute atomic E-state index is 0.493. The predicted molar refractivity (Wildman–Crippen MR) is 49.7 cm³/mol. The van der Waals surface area contributed by atoms with Gasteiger partial charge in [0.1, 0.15) is 4.60 Å². The predicted octanol–water partition coefficient (Wildman–Crippen LogP) is 3.91. The third-order valence-corrected chi connectivity index (χ3v) is 3.64. The van der Waals surface area contributed by atoms with E-state index in [1.165, 1.54) is 6.20 Å². The van der Waals surface area contributed by atoms with Crippen LogP contribution in [0.2, 0.25) is 10.0 Å². The Kier molecular flexibility index (Phi) is 2.98. The topological polar surface area (TPSA) is 12.9 Å². The monoisotopic (exact) mass is 303 g/mol. The Bertz CT molecular complexity index is 237. The van der Waals surface area contributed by atoms with Crippen LogP contribution >= 0.6 is 55.1 Å². The quantitative estimate of drug-likeness (QED) is 0.662. The number of aromatic nitrogens is 1. The highest BCUT2D eigenvalue weighted by Gasteiger charge is 2.06. The number of pyridine rings is 1. The van der Waals surface area contributed by atoms with Gasteiger partial charge in [-0.1, -0.05) is 23.2 Å². The highest BCUT2D eigenvalue weighted by Crippen LogP contribution is 2.33. The van der Waals surface area contributed by atoms with Crippen LogP contribution in [-0.2, 0) is 0 Å². The Balaban J connectivity index is 3.34. The molecule has 1 nitrogen and oxygen atoms in total. The summed E-state index contributed by atoms with van der Waals surface area (Å²) in [7, 11) is 0. The second-order valence-electron chi connectivity index (χ2n) is 1.52. The van der Waals surface area contributed by atoms with E-state index in [1.54, 1.807) is 0 Å². The van der Waals surface area contributed by atoms with Gasteiger partial charge in [-0.15, -0.1) is 0 Å². The van der Waals surface area contributed by atoms with Crippen molar-refractivity contribution in [3.8, 4) is 0 Å². The summed E-state index contributed by atoms with van der Waals surface area (Å²) in [5.74, 6) is 0. The van der Waals surface area contributed by atoms with Gasteiger partial charge in [-0.3, -0.25) is 0 Å². The molecule has 5 heteroatoms. The molecule has 0 spiro atoms. The lowest BCUT2D eigenvalue weighted by molar-refractivity contribution is 1.27. The molecule has 0 bridgehead atoms. The summed E-state index contributed by atoms with van der Waals surface area (Å²) in [4.78, 5) is 3.86. The minimum Gasteiger partial charge on any atom is -0.246 e. The highest BCUT2D eigenvalue weighted by molar-refractivity contribution is 9.11. The fraction of sp³-hybridized carbons (Fsp3) is 0. The Morgan fingerprint density at radius 3 is 2.40 bits per heavy atom. The van der Waals surface area contributed by atoms with Crippen LogP contribution in [0.3, 0.4) is 0 Å². The van der Waals surface area contributed by atoms with E-state index in [0.717, 1.165) is 0 Å². The van der Waals surface area contributed by atoms with Crippen molar-refractivity contribution in [1.82, 2.24) is 4.98 Å². The summed E-state index contributed by atoms with van der Waals surface area (Å²) in [5, 5.41) is 1.00. The Hall–Kier alpha value is 0.690. The fourth-order valence-electron chi connectivity index (χ4n) is 0.422. The molecule has 10 heavy (non-hydrogen) atoms. The fourth-order valence-corrected chi connectivity index (χ4v) is 1.62.